The number of hydrogen-bond acceptors (Lipinski definition) is 3. The maximum atomic E-state index is 11.9. The molecular weight excluding hydrogens is 214 g/mol. The molecule has 3 N–H and O–H groups in total. The number of carbonyl (C=O) groups excluding carboxylic acids is 1. The molecule has 1 aliphatic rings. The maximum Gasteiger partial charge on any atom is 0.270 e. The fraction of sp³-hybridized carbons (Fsp3) is 0.538. The van der Waals surface area contributed by atoms with Crippen molar-refractivity contribution < 1.29 is 4.79 Å². The lowest BCUT2D eigenvalue weighted by Crippen LogP contribution is -2.47. The van der Waals surface area contributed by atoms with Crippen molar-refractivity contribution in [2.24, 2.45) is 5.73 Å². The quantitative estimate of drug-likeness (QED) is 0.760. The van der Waals surface area contributed by atoms with Gasteiger partial charge in [-0.3, -0.25) is 9.78 Å². The number of rotatable bonds is 2. The molecule has 92 valence electrons. The third-order valence-electron chi connectivity index (χ3n) is 3.28. The van der Waals surface area contributed by atoms with Gasteiger partial charge in [0, 0.05) is 18.3 Å². The molecule has 1 aromatic rings. The van der Waals surface area contributed by atoms with Crippen LogP contribution in [-0.4, -0.2) is 23.0 Å². The highest BCUT2D eigenvalue weighted by Crippen LogP contribution is 2.16. The van der Waals surface area contributed by atoms with E-state index in [1.54, 1.807) is 18.3 Å². The lowest BCUT2D eigenvalue weighted by atomic mass is 10.0. The van der Waals surface area contributed by atoms with Gasteiger partial charge in [0.05, 0.1) is 0 Å². The molecule has 2 unspecified atom stereocenters. The zero-order chi connectivity index (χ0) is 12.1. The minimum Gasteiger partial charge on any atom is -0.346 e. The van der Waals surface area contributed by atoms with Crippen LogP contribution in [0.5, 0.6) is 0 Å². The third kappa shape index (κ3) is 3.27. The molecule has 4 nitrogen and oxygen atoms in total. The van der Waals surface area contributed by atoms with Crippen molar-refractivity contribution in [3.8, 4) is 0 Å². The molecule has 0 aliphatic heterocycles. The molecule has 0 saturated heterocycles. The number of hydrogen-bond donors (Lipinski definition) is 2. The first-order valence-corrected chi connectivity index (χ1v) is 6.25. The van der Waals surface area contributed by atoms with Gasteiger partial charge >= 0.3 is 0 Å². The van der Waals surface area contributed by atoms with Crippen LogP contribution in [-0.2, 0) is 0 Å². The summed E-state index contributed by atoms with van der Waals surface area (Å²) < 4.78 is 0. The zero-order valence-electron chi connectivity index (χ0n) is 9.93. The highest BCUT2D eigenvalue weighted by Gasteiger charge is 2.22. The van der Waals surface area contributed by atoms with Crippen molar-refractivity contribution in [1.82, 2.24) is 10.3 Å². The van der Waals surface area contributed by atoms with E-state index in [9.17, 15) is 4.79 Å². The average Bonchev–Trinajstić information content (AvgIpc) is 2.56. The zero-order valence-corrected chi connectivity index (χ0v) is 9.93. The molecule has 4 heteroatoms. The van der Waals surface area contributed by atoms with E-state index < -0.39 is 0 Å². The molecule has 1 amide bonds. The van der Waals surface area contributed by atoms with Gasteiger partial charge in [-0.05, 0) is 25.0 Å². The van der Waals surface area contributed by atoms with Crippen LogP contribution in [0.1, 0.15) is 42.6 Å². The highest BCUT2D eigenvalue weighted by atomic mass is 16.1. The van der Waals surface area contributed by atoms with Gasteiger partial charge in [0.2, 0.25) is 0 Å². The van der Waals surface area contributed by atoms with Gasteiger partial charge in [-0.2, -0.15) is 0 Å². The molecule has 2 rings (SSSR count). The Balaban J connectivity index is 1.98. The summed E-state index contributed by atoms with van der Waals surface area (Å²) in [6.07, 6.45) is 7.11. The summed E-state index contributed by atoms with van der Waals surface area (Å²) in [6.45, 7) is 0. The second kappa shape index (κ2) is 5.77. The van der Waals surface area contributed by atoms with E-state index in [4.69, 9.17) is 5.73 Å². The largest absolute Gasteiger partial charge is 0.346 e. The van der Waals surface area contributed by atoms with Gasteiger partial charge in [0.25, 0.3) is 5.91 Å². The van der Waals surface area contributed by atoms with E-state index in [-0.39, 0.29) is 18.0 Å². The number of pyridine rings is 1. The van der Waals surface area contributed by atoms with E-state index in [1.165, 1.54) is 6.42 Å². The van der Waals surface area contributed by atoms with Crippen molar-refractivity contribution >= 4 is 5.91 Å². The number of amides is 1. The normalized spacial score (nSPS) is 25.0. The molecule has 0 bridgehead atoms. The topological polar surface area (TPSA) is 68.0 Å². The van der Waals surface area contributed by atoms with Crippen molar-refractivity contribution in [2.45, 2.75) is 44.2 Å². The minimum atomic E-state index is -0.118. The van der Waals surface area contributed by atoms with Crippen LogP contribution in [0.4, 0.5) is 0 Å². The second-order valence-electron chi connectivity index (χ2n) is 4.60. The molecule has 0 spiro atoms. The summed E-state index contributed by atoms with van der Waals surface area (Å²) in [6, 6.07) is 5.50. The summed E-state index contributed by atoms with van der Waals surface area (Å²) in [5, 5.41) is 3.00. The first-order chi connectivity index (χ1) is 8.27. The summed E-state index contributed by atoms with van der Waals surface area (Å²) in [5.41, 5.74) is 6.53. The van der Waals surface area contributed by atoms with E-state index in [2.05, 4.69) is 10.3 Å². The smallest absolute Gasteiger partial charge is 0.270 e. The van der Waals surface area contributed by atoms with Gasteiger partial charge in [0.1, 0.15) is 5.69 Å². The van der Waals surface area contributed by atoms with Crippen molar-refractivity contribution in [2.75, 3.05) is 0 Å². The van der Waals surface area contributed by atoms with E-state index in [0.29, 0.717) is 5.69 Å². The Morgan fingerprint density at radius 3 is 2.88 bits per heavy atom. The predicted octanol–water partition coefficient (Wildman–Crippen LogP) is 1.47. The maximum absolute atomic E-state index is 11.9. The minimum absolute atomic E-state index is 0.0742. The Hall–Kier alpha value is -1.42. The Morgan fingerprint density at radius 1 is 1.29 bits per heavy atom. The second-order valence-corrected chi connectivity index (χ2v) is 4.60. The Morgan fingerprint density at radius 2 is 2.12 bits per heavy atom. The van der Waals surface area contributed by atoms with E-state index in [0.717, 1.165) is 25.7 Å². The van der Waals surface area contributed by atoms with E-state index in [1.807, 2.05) is 6.07 Å². The summed E-state index contributed by atoms with van der Waals surface area (Å²) in [4.78, 5) is 16.0. The Bertz CT molecular complexity index is 366. The number of nitrogens with two attached hydrogens (primary N) is 1. The SMILES string of the molecule is NC1CCCCCC1NC(=O)c1ccccn1. The average molecular weight is 233 g/mol. The number of carbonyl (C=O) groups is 1. The van der Waals surface area contributed by atoms with Crippen LogP contribution in [0.15, 0.2) is 24.4 Å². The lowest BCUT2D eigenvalue weighted by molar-refractivity contribution is 0.0924. The first-order valence-electron chi connectivity index (χ1n) is 6.25. The summed E-state index contributed by atoms with van der Waals surface area (Å²) in [5.74, 6) is -0.118. The fourth-order valence-electron chi connectivity index (χ4n) is 2.25. The molecular formula is C13H19N3O. The molecule has 17 heavy (non-hydrogen) atoms. The predicted molar refractivity (Wildman–Crippen MR) is 66.6 cm³/mol. The number of aromatic nitrogens is 1. The van der Waals surface area contributed by atoms with Crippen LogP contribution < -0.4 is 11.1 Å². The van der Waals surface area contributed by atoms with Crippen molar-refractivity contribution in [3.05, 3.63) is 30.1 Å². The van der Waals surface area contributed by atoms with Crippen LogP contribution in [0.2, 0.25) is 0 Å². The number of nitrogens with one attached hydrogen (secondary N) is 1. The molecule has 0 aromatic carbocycles. The van der Waals surface area contributed by atoms with Gasteiger partial charge in [-0.15, -0.1) is 0 Å². The highest BCUT2D eigenvalue weighted by molar-refractivity contribution is 5.92. The fourth-order valence-corrected chi connectivity index (χ4v) is 2.25. The van der Waals surface area contributed by atoms with Gasteiger partial charge in [-0.1, -0.05) is 25.3 Å². The molecule has 1 saturated carbocycles. The molecule has 1 aromatic heterocycles. The third-order valence-corrected chi connectivity index (χ3v) is 3.28. The molecule has 0 radical (unpaired) electrons. The summed E-state index contributed by atoms with van der Waals surface area (Å²) in [7, 11) is 0. The first kappa shape index (κ1) is 12.0. The molecule has 1 aliphatic carbocycles. The van der Waals surface area contributed by atoms with Gasteiger partial charge in [-0.25, -0.2) is 0 Å². The molecule has 1 heterocycles. The molecule has 2 atom stereocenters. The lowest BCUT2D eigenvalue weighted by Gasteiger charge is -2.22. The van der Waals surface area contributed by atoms with Crippen LogP contribution in [0, 0.1) is 0 Å². The van der Waals surface area contributed by atoms with Crippen molar-refractivity contribution in [1.29, 1.82) is 0 Å². The Kier molecular flexibility index (Phi) is 4.09. The van der Waals surface area contributed by atoms with Gasteiger partial charge in [0.15, 0.2) is 0 Å². The van der Waals surface area contributed by atoms with Gasteiger partial charge < -0.3 is 11.1 Å². The van der Waals surface area contributed by atoms with E-state index >= 15 is 0 Å². The Labute approximate surface area is 102 Å². The summed E-state index contributed by atoms with van der Waals surface area (Å²) >= 11 is 0. The number of nitrogens with zero attached hydrogens (tertiary/aromatic N) is 1. The van der Waals surface area contributed by atoms with Crippen LogP contribution in [0.3, 0.4) is 0 Å². The monoisotopic (exact) mass is 233 g/mol. The van der Waals surface area contributed by atoms with Crippen LogP contribution >= 0.6 is 0 Å². The van der Waals surface area contributed by atoms with Crippen molar-refractivity contribution in [3.63, 3.8) is 0 Å². The standard InChI is InChI=1S/C13H19N3O/c14-10-6-2-1-3-7-11(10)16-13(17)12-8-4-5-9-15-12/h4-5,8-11H,1-3,6-7,14H2,(H,16,17). The molecule has 1 fully saturated rings. The van der Waals surface area contributed by atoms with Crippen LogP contribution in [0.25, 0.3) is 0 Å².